The predicted octanol–water partition coefficient (Wildman–Crippen LogP) is 3.05. The summed E-state index contributed by atoms with van der Waals surface area (Å²) in [6.45, 7) is 5.55. The van der Waals surface area contributed by atoms with Crippen LogP contribution < -0.4 is 15.4 Å². The number of aryl methyl sites for hydroxylation is 3. The molecule has 2 aromatic rings. The Kier molecular flexibility index (Phi) is 4.37. The first kappa shape index (κ1) is 14.8. The van der Waals surface area contributed by atoms with Gasteiger partial charge in [-0.2, -0.15) is 9.97 Å². The smallest absolute Gasteiger partial charge is 0.323 e. The van der Waals surface area contributed by atoms with E-state index in [1.165, 1.54) is 7.11 Å². The van der Waals surface area contributed by atoms with Crippen LogP contribution in [0.15, 0.2) is 24.3 Å². The number of nitrogens with one attached hydrogen (secondary N) is 2. The maximum atomic E-state index is 12.0. The SMILES string of the molecule is COc1nc(C)c(NC(=O)Nc2cccc(C)c2)c(C)n1. The average molecular weight is 286 g/mol. The largest absolute Gasteiger partial charge is 0.467 e. The molecule has 0 saturated carbocycles. The topological polar surface area (TPSA) is 76.1 Å². The summed E-state index contributed by atoms with van der Waals surface area (Å²) in [4.78, 5) is 20.3. The summed E-state index contributed by atoms with van der Waals surface area (Å²) in [5, 5.41) is 5.54. The van der Waals surface area contributed by atoms with E-state index in [1.807, 2.05) is 31.2 Å². The molecule has 0 aliphatic heterocycles. The number of nitrogens with zero attached hydrogens (tertiary/aromatic N) is 2. The second kappa shape index (κ2) is 6.21. The van der Waals surface area contributed by atoms with Gasteiger partial charge in [-0.1, -0.05) is 12.1 Å². The number of ether oxygens (including phenoxy) is 1. The molecule has 0 aliphatic rings. The number of hydrogen-bond donors (Lipinski definition) is 2. The maximum Gasteiger partial charge on any atom is 0.323 e. The first-order chi connectivity index (χ1) is 9.99. The quantitative estimate of drug-likeness (QED) is 0.909. The second-order valence-electron chi connectivity index (χ2n) is 4.70. The lowest BCUT2D eigenvalue weighted by molar-refractivity contribution is 0.262. The Bertz CT molecular complexity index is 647. The lowest BCUT2D eigenvalue weighted by atomic mass is 10.2. The van der Waals surface area contributed by atoms with E-state index in [0.29, 0.717) is 17.1 Å². The molecule has 0 saturated heterocycles. The van der Waals surface area contributed by atoms with Gasteiger partial charge in [0, 0.05) is 5.69 Å². The number of benzene rings is 1. The van der Waals surface area contributed by atoms with Crippen LogP contribution in [0.4, 0.5) is 16.2 Å². The number of carbonyl (C=O) groups excluding carboxylic acids is 1. The molecule has 0 fully saturated rings. The zero-order valence-corrected chi connectivity index (χ0v) is 12.5. The minimum atomic E-state index is -0.333. The van der Waals surface area contributed by atoms with Gasteiger partial charge in [0.25, 0.3) is 0 Å². The lowest BCUT2D eigenvalue weighted by Crippen LogP contribution is -2.21. The molecule has 21 heavy (non-hydrogen) atoms. The van der Waals surface area contributed by atoms with Crippen molar-refractivity contribution >= 4 is 17.4 Å². The minimum Gasteiger partial charge on any atom is -0.467 e. The first-order valence-corrected chi connectivity index (χ1v) is 6.53. The number of anilines is 2. The van der Waals surface area contributed by atoms with Crippen molar-refractivity contribution in [3.8, 4) is 6.01 Å². The van der Waals surface area contributed by atoms with Gasteiger partial charge in [0.15, 0.2) is 0 Å². The van der Waals surface area contributed by atoms with Gasteiger partial charge in [-0.15, -0.1) is 0 Å². The summed E-state index contributed by atoms with van der Waals surface area (Å²) >= 11 is 0. The molecule has 0 radical (unpaired) electrons. The van der Waals surface area contributed by atoms with Gasteiger partial charge < -0.3 is 15.4 Å². The van der Waals surface area contributed by atoms with Crippen molar-refractivity contribution in [3.63, 3.8) is 0 Å². The van der Waals surface area contributed by atoms with Gasteiger partial charge in [0.2, 0.25) is 0 Å². The van der Waals surface area contributed by atoms with Crippen molar-refractivity contribution in [1.82, 2.24) is 9.97 Å². The van der Waals surface area contributed by atoms with Crippen LogP contribution >= 0.6 is 0 Å². The van der Waals surface area contributed by atoms with Crippen molar-refractivity contribution in [2.75, 3.05) is 17.7 Å². The maximum absolute atomic E-state index is 12.0. The third-order valence-electron chi connectivity index (χ3n) is 2.95. The second-order valence-corrected chi connectivity index (χ2v) is 4.70. The molecule has 0 unspecified atom stereocenters. The molecule has 0 spiro atoms. The molecule has 110 valence electrons. The molecule has 2 N–H and O–H groups in total. The van der Waals surface area contributed by atoms with E-state index < -0.39 is 0 Å². The highest BCUT2D eigenvalue weighted by atomic mass is 16.5. The number of hydrogen-bond acceptors (Lipinski definition) is 4. The van der Waals surface area contributed by atoms with E-state index in [-0.39, 0.29) is 12.0 Å². The van der Waals surface area contributed by atoms with Gasteiger partial charge >= 0.3 is 12.0 Å². The molecule has 0 atom stereocenters. The molecule has 6 heteroatoms. The third-order valence-corrected chi connectivity index (χ3v) is 2.95. The zero-order chi connectivity index (χ0) is 15.4. The Morgan fingerprint density at radius 2 is 1.76 bits per heavy atom. The molecule has 6 nitrogen and oxygen atoms in total. The molecule has 1 heterocycles. The van der Waals surface area contributed by atoms with E-state index in [9.17, 15) is 4.79 Å². The Morgan fingerprint density at radius 1 is 1.10 bits per heavy atom. The number of carbonyl (C=O) groups is 1. The summed E-state index contributed by atoms with van der Waals surface area (Å²) in [5.74, 6) is 0. The summed E-state index contributed by atoms with van der Waals surface area (Å²) in [6, 6.07) is 7.53. The fraction of sp³-hybridized carbons (Fsp3) is 0.267. The van der Waals surface area contributed by atoms with Gasteiger partial charge in [-0.05, 0) is 38.5 Å². The highest BCUT2D eigenvalue weighted by molar-refractivity contribution is 6.00. The summed E-state index contributed by atoms with van der Waals surface area (Å²) in [5.41, 5.74) is 3.70. The van der Waals surface area contributed by atoms with Gasteiger partial charge in [0.05, 0.1) is 24.2 Å². The van der Waals surface area contributed by atoms with E-state index in [2.05, 4.69) is 20.6 Å². The monoisotopic (exact) mass is 286 g/mol. The van der Waals surface area contributed by atoms with Crippen LogP contribution in [0.3, 0.4) is 0 Å². The Morgan fingerprint density at radius 3 is 2.33 bits per heavy atom. The number of rotatable bonds is 3. The predicted molar refractivity (Wildman–Crippen MR) is 81.9 cm³/mol. The highest BCUT2D eigenvalue weighted by Gasteiger charge is 2.12. The lowest BCUT2D eigenvalue weighted by Gasteiger charge is -2.12. The summed E-state index contributed by atoms with van der Waals surface area (Å²) < 4.78 is 4.99. The number of methoxy groups -OCH3 is 1. The van der Waals surface area contributed by atoms with Crippen LogP contribution in [0.1, 0.15) is 17.0 Å². The number of amides is 2. The van der Waals surface area contributed by atoms with Crippen LogP contribution in [-0.2, 0) is 0 Å². The standard InChI is InChI=1S/C15H18N4O2/c1-9-6-5-7-12(8-9)18-14(20)19-13-10(2)16-15(21-4)17-11(13)3/h5-8H,1-4H3,(H2,18,19,20). The molecular weight excluding hydrogens is 268 g/mol. The Hall–Kier alpha value is -2.63. The summed E-state index contributed by atoms with van der Waals surface area (Å²) in [6.07, 6.45) is 0. The summed E-state index contributed by atoms with van der Waals surface area (Å²) in [7, 11) is 1.51. The van der Waals surface area contributed by atoms with Crippen molar-refractivity contribution in [3.05, 3.63) is 41.2 Å². The van der Waals surface area contributed by atoms with Gasteiger partial charge in [-0.25, -0.2) is 4.79 Å². The fourth-order valence-corrected chi connectivity index (χ4v) is 1.96. The van der Waals surface area contributed by atoms with E-state index in [1.54, 1.807) is 13.8 Å². The third kappa shape index (κ3) is 3.68. The average Bonchev–Trinajstić information content (AvgIpc) is 2.42. The molecule has 0 aliphatic carbocycles. The Labute approximate surface area is 123 Å². The van der Waals surface area contributed by atoms with Crippen LogP contribution in [0.25, 0.3) is 0 Å². The number of aromatic nitrogens is 2. The van der Waals surface area contributed by atoms with E-state index in [0.717, 1.165) is 11.3 Å². The molecular formula is C15H18N4O2. The zero-order valence-electron chi connectivity index (χ0n) is 12.5. The number of urea groups is 1. The molecule has 1 aromatic carbocycles. The van der Waals surface area contributed by atoms with Crippen molar-refractivity contribution in [2.24, 2.45) is 0 Å². The highest BCUT2D eigenvalue weighted by Crippen LogP contribution is 2.19. The minimum absolute atomic E-state index is 0.287. The first-order valence-electron chi connectivity index (χ1n) is 6.53. The molecule has 2 amide bonds. The fourth-order valence-electron chi connectivity index (χ4n) is 1.96. The van der Waals surface area contributed by atoms with Crippen LogP contribution in [-0.4, -0.2) is 23.1 Å². The molecule has 1 aromatic heterocycles. The van der Waals surface area contributed by atoms with Crippen LogP contribution in [0.5, 0.6) is 6.01 Å². The van der Waals surface area contributed by atoms with Crippen LogP contribution in [0, 0.1) is 20.8 Å². The van der Waals surface area contributed by atoms with Gasteiger partial charge in [0.1, 0.15) is 0 Å². The van der Waals surface area contributed by atoms with Gasteiger partial charge in [-0.3, -0.25) is 0 Å². The molecule has 2 rings (SSSR count). The van der Waals surface area contributed by atoms with E-state index >= 15 is 0 Å². The van der Waals surface area contributed by atoms with Crippen molar-refractivity contribution < 1.29 is 9.53 Å². The van der Waals surface area contributed by atoms with Crippen LogP contribution in [0.2, 0.25) is 0 Å². The van der Waals surface area contributed by atoms with E-state index in [4.69, 9.17) is 4.74 Å². The normalized spacial score (nSPS) is 10.1. The molecule has 0 bridgehead atoms. The van der Waals surface area contributed by atoms with Crippen molar-refractivity contribution in [1.29, 1.82) is 0 Å². The Balaban J connectivity index is 2.13. The van der Waals surface area contributed by atoms with Crippen molar-refractivity contribution in [2.45, 2.75) is 20.8 Å².